The van der Waals surface area contributed by atoms with Gasteiger partial charge in [0.05, 0.1) is 0 Å². The van der Waals surface area contributed by atoms with E-state index in [-0.39, 0.29) is 0 Å². The minimum Gasteiger partial charge on any atom is -0.303 e. The summed E-state index contributed by atoms with van der Waals surface area (Å²) in [6.07, 6.45) is 11.7. The van der Waals surface area contributed by atoms with E-state index in [1.807, 2.05) is 18.0 Å². The first kappa shape index (κ1) is 20.6. The van der Waals surface area contributed by atoms with Gasteiger partial charge in [0.15, 0.2) is 5.16 Å². The molecule has 1 unspecified atom stereocenters. The lowest BCUT2D eigenvalue weighted by molar-refractivity contribution is 0.226. The summed E-state index contributed by atoms with van der Waals surface area (Å²) in [5.74, 6) is 1.61. The molecule has 29 heavy (non-hydrogen) atoms. The van der Waals surface area contributed by atoms with Crippen molar-refractivity contribution in [3.05, 3.63) is 59.9 Å². The molecule has 2 saturated heterocycles. The monoisotopic (exact) mass is 408 g/mol. The van der Waals surface area contributed by atoms with Gasteiger partial charge in [-0.15, -0.1) is 0 Å². The minimum atomic E-state index is 0.523. The Morgan fingerprint density at radius 3 is 2.69 bits per heavy atom. The van der Waals surface area contributed by atoms with Crippen LogP contribution in [0.1, 0.15) is 42.9 Å². The van der Waals surface area contributed by atoms with E-state index in [9.17, 15) is 0 Å². The van der Waals surface area contributed by atoms with Gasteiger partial charge in [-0.2, -0.15) is 0 Å². The second kappa shape index (κ2) is 10.9. The lowest BCUT2D eigenvalue weighted by Crippen LogP contribution is -2.34. The van der Waals surface area contributed by atoms with Crippen LogP contribution in [0.15, 0.2) is 53.8 Å². The Bertz CT molecular complexity index is 773. The molecule has 4 rings (SSSR count). The molecular formula is C24H32N4S. The number of hydrogen-bond donors (Lipinski definition) is 0. The molecule has 0 bridgehead atoms. The van der Waals surface area contributed by atoms with E-state index in [2.05, 4.69) is 63.3 Å². The van der Waals surface area contributed by atoms with Crippen LogP contribution >= 0.6 is 11.8 Å². The second-order valence-corrected chi connectivity index (χ2v) is 9.14. The molecule has 2 aromatic rings. The maximum Gasteiger partial charge on any atom is 0.187 e. The molecule has 5 heteroatoms. The summed E-state index contributed by atoms with van der Waals surface area (Å²) in [5.41, 5.74) is 2.49. The number of aromatic nitrogens is 2. The normalized spacial score (nSPS) is 21.2. The van der Waals surface area contributed by atoms with E-state index in [1.54, 1.807) is 0 Å². The molecule has 3 heterocycles. The van der Waals surface area contributed by atoms with Crippen LogP contribution in [-0.4, -0.2) is 64.8 Å². The molecular weight excluding hydrogens is 376 g/mol. The molecule has 1 aromatic carbocycles. The Labute approximate surface area is 179 Å². The molecule has 2 fully saturated rings. The number of thioether (sulfide) groups is 1. The summed E-state index contributed by atoms with van der Waals surface area (Å²) >= 11 is 1.81. The van der Waals surface area contributed by atoms with Crippen LogP contribution in [-0.2, 0) is 0 Å². The highest BCUT2D eigenvalue weighted by atomic mass is 32.2. The lowest BCUT2D eigenvalue weighted by atomic mass is 9.94. The predicted octanol–water partition coefficient (Wildman–Crippen LogP) is 4.56. The van der Waals surface area contributed by atoms with Gasteiger partial charge in [-0.05, 0) is 56.9 Å². The van der Waals surface area contributed by atoms with Crippen molar-refractivity contribution in [1.82, 2.24) is 19.8 Å². The average Bonchev–Trinajstić information content (AvgIpc) is 3.29. The van der Waals surface area contributed by atoms with Crippen LogP contribution in [0, 0.1) is 0 Å². The van der Waals surface area contributed by atoms with Gasteiger partial charge in [-0.3, -0.25) is 4.90 Å². The van der Waals surface area contributed by atoms with Gasteiger partial charge >= 0.3 is 0 Å². The molecule has 0 aliphatic carbocycles. The first-order valence-corrected chi connectivity index (χ1v) is 12.0. The Morgan fingerprint density at radius 2 is 1.83 bits per heavy atom. The number of benzene rings is 1. The quantitative estimate of drug-likeness (QED) is 0.472. The molecule has 0 saturated carbocycles. The SMILES string of the molecule is C(=C\c1ccccc1)/CN1CCCC(c2ccnc(SCCN3CCCC3)n2)C1. The van der Waals surface area contributed by atoms with E-state index in [1.165, 1.54) is 56.6 Å². The van der Waals surface area contributed by atoms with Crippen molar-refractivity contribution >= 4 is 17.8 Å². The van der Waals surface area contributed by atoms with Crippen LogP contribution in [0.25, 0.3) is 6.08 Å². The van der Waals surface area contributed by atoms with E-state index < -0.39 is 0 Å². The second-order valence-electron chi connectivity index (χ2n) is 8.07. The smallest absolute Gasteiger partial charge is 0.187 e. The molecule has 4 nitrogen and oxygen atoms in total. The molecule has 2 aliphatic rings. The fraction of sp³-hybridized carbons (Fsp3) is 0.500. The van der Waals surface area contributed by atoms with Gasteiger partial charge in [-0.1, -0.05) is 54.2 Å². The minimum absolute atomic E-state index is 0.523. The van der Waals surface area contributed by atoms with Crippen molar-refractivity contribution in [3.63, 3.8) is 0 Å². The van der Waals surface area contributed by atoms with E-state index in [0.29, 0.717) is 5.92 Å². The topological polar surface area (TPSA) is 32.3 Å². The maximum absolute atomic E-state index is 4.91. The highest BCUT2D eigenvalue weighted by Crippen LogP contribution is 2.26. The number of hydrogen-bond acceptors (Lipinski definition) is 5. The number of nitrogens with zero attached hydrogens (tertiary/aromatic N) is 4. The van der Waals surface area contributed by atoms with Crippen molar-refractivity contribution in [3.8, 4) is 0 Å². The third-order valence-corrected chi connectivity index (χ3v) is 6.73. The Morgan fingerprint density at radius 1 is 1.00 bits per heavy atom. The zero-order chi connectivity index (χ0) is 19.7. The van der Waals surface area contributed by atoms with E-state index in [0.717, 1.165) is 30.5 Å². The van der Waals surface area contributed by atoms with Crippen LogP contribution in [0.2, 0.25) is 0 Å². The van der Waals surface area contributed by atoms with Crippen molar-refractivity contribution < 1.29 is 0 Å². The molecule has 0 amide bonds. The fourth-order valence-electron chi connectivity index (χ4n) is 4.29. The van der Waals surface area contributed by atoms with Gasteiger partial charge in [-0.25, -0.2) is 9.97 Å². The summed E-state index contributed by atoms with van der Waals surface area (Å²) in [4.78, 5) is 14.5. The molecule has 0 radical (unpaired) electrons. The first-order chi connectivity index (χ1) is 14.4. The third kappa shape index (κ3) is 6.39. The van der Waals surface area contributed by atoms with Crippen LogP contribution in [0.5, 0.6) is 0 Å². The molecule has 0 N–H and O–H groups in total. The standard InChI is InChI=1S/C24H32N4S/c1-2-8-21(9-3-1)10-6-16-28-17-7-11-22(20-28)23-12-13-25-24(26-23)29-19-18-27-14-4-5-15-27/h1-3,6,8-10,12-13,22H,4-5,7,11,14-20H2/b10-6+. The summed E-state index contributed by atoms with van der Waals surface area (Å²) in [5, 5.41) is 0.947. The third-order valence-electron chi connectivity index (χ3n) is 5.89. The Kier molecular flexibility index (Phi) is 7.74. The average molecular weight is 409 g/mol. The molecule has 1 atom stereocenters. The van der Waals surface area contributed by atoms with E-state index >= 15 is 0 Å². The molecule has 2 aliphatic heterocycles. The van der Waals surface area contributed by atoms with Gasteiger partial charge in [0, 0.05) is 43.2 Å². The predicted molar refractivity (Wildman–Crippen MR) is 122 cm³/mol. The highest BCUT2D eigenvalue weighted by Gasteiger charge is 2.22. The molecule has 0 spiro atoms. The van der Waals surface area contributed by atoms with Crippen LogP contribution in [0.4, 0.5) is 0 Å². The molecule has 1 aromatic heterocycles. The number of likely N-dealkylation sites (tertiary alicyclic amines) is 2. The van der Waals surface area contributed by atoms with Gasteiger partial charge < -0.3 is 4.90 Å². The first-order valence-electron chi connectivity index (χ1n) is 11.0. The summed E-state index contributed by atoms with van der Waals surface area (Å²) in [7, 11) is 0. The van der Waals surface area contributed by atoms with Gasteiger partial charge in [0.25, 0.3) is 0 Å². The number of piperidine rings is 1. The zero-order valence-electron chi connectivity index (χ0n) is 17.2. The number of rotatable bonds is 8. The van der Waals surface area contributed by atoms with Gasteiger partial charge in [0.1, 0.15) is 0 Å². The summed E-state index contributed by atoms with van der Waals surface area (Å²) < 4.78 is 0. The zero-order valence-corrected chi connectivity index (χ0v) is 18.1. The lowest BCUT2D eigenvalue weighted by Gasteiger charge is -2.31. The fourth-order valence-corrected chi connectivity index (χ4v) is 5.13. The summed E-state index contributed by atoms with van der Waals surface area (Å²) in [6.45, 7) is 6.96. The van der Waals surface area contributed by atoms with E-state index in [4.69, 9.17) is 4.98 Å². The Hall–Kier alpha value is -1.69. The molecule has 154 valence electrons. The highest BCUT2D eigenvalue weighted by molar-refractivity contribution is 7.99. The van der Waals surface area contributed by atoms with Crippen molar-refractivity contribution in [1.29, 1.82) is 0 Å². The van der Waals surface area contributed by atoms with Gasteiger partial charge in [0.2, 0.25) is 0 Å². The van der Waals surface area contributed by atoms with Crippen molar-refractivity contribution in [2.45, 2.75) is 36.8 Å². The van der Waals surface area contributed by atoms with Crippen LogP contribution < -0.4 is 0 Å². The van der Waals surface area contributed by atoms with Crippen molar-refractivity contribution in [2.24, 2.45) is 0 Å². The van der Waals surface area contributed by atoms with Crippen molar-refractivity contribution in [2.75, 3.05) is 45.0 Å². The maximum atomic E-state index is 4.91. The summed E-state index contributed by atoms with van der Waals surface area (Å²) in [6, 6.07) is 12.7. The largest absolute Gasteiger partial charge is 0.303 e. The Balaban J connectivity index is 1.27. The van der Waals surface area contributed by atoms with Crippen LogP contribution in [0.3, 0.4) is 0 Å².